The number of carbonyl (C=O) groups is 5. The summed E-state index contributed by atoms with van der Waals surface area (Å²) >= 11 is 1.64. The molecule has 2 heterocycles. The third-order valence-electron chi connectivity index (χ3n) is 5.20. The Hall–Kier alpha value is -3.63. The topological polar surface area (TPSA) is 104 Å². The van der Waals surface area contributed by atoms with Crippen molar-refractivity contribution in [3.8, 4) is 0 Å². The van der Waals surface area contributed by atoms with Gasteiger partial charge in [-0.3, -0.25) is 33.8 Å². The van der Waals surface area contributed by atoms with Crippen molar-refractivity contribution in [2.75, 3.05) is 18.4 Å². The third-order valence-corrected chi connectivity index (χ3v) is 7.01. The van der Waals surface area contributed by atoms with Gasteiger partial charge in [0.25, 0.3) is 22.3 Å². The maximum Gasteiger partial charge on any atom is 0.293 e. The van der Waals surface area contributed by atoms with Crippen LogP contribution in [0.5, 0.6) is 0 Å². The standard InChI is InChI=1S/C25H21N3O5S2/c1-15-3-5-17(6-4-15)13-20-22(30)27(24(32)34-20)11-12-28-23(31)21(35-25(28)33)14-18-7-9-19(10-8-18)26-16(2)29/h3-10,13-14H,11-12H2,1-2H3,(H,26,29). The Balaban J connectivity index is 1.40. The average molecular weight is 508 g/mol. The molecular weight excluding hydrogens is 486 g/mol. The van der Waals surface area contributed by atoms with Crippen molar-refractivity contribution in [2.24, 2.45) is 0 Å². The number of carbonyl (C=O) groups excluding carboxylic acids is 5. The summed E-state index contributed by atoms with van der Waals surface area (Å²) in [7, 11) is 0. The van der Waals surface area contributed by atoms with Crippen LogP contribution in [0, 0.1) is 6.92 Å². The fourth-order valence-electron chi connectivity index (χ4n) is 3.42. The van der Waals surface area contributed by atoms with Crippen LogP contribution in [0.4, 0.5) is 15.3 Å². The molecule has 1 N–H and O–H groups in total. The van der Waals surface area contributed by atoms with E-state index in [4.69, 9.17) is 0 Å². The van der Waals surface area contributed by atoms with Gasteiger partial charge in [-0.2, -0.15) is 0 Å². The molecule has 0 bridgehead atoms. The lowest BCUT2D eigenvalue weighted by Gasteiger charge is -2.17. The predicted molar refractivity (Wildman–Crippen MR) is 137 cm³/mol. The number of nitrogens with one attached hydrogen (secondary N) is 1. The van der Waals surface area contributed by atoms with Gasteiger partial charge in [0.15, 0.2) is 0 Å². The molecule has 10 heteroatoms. The molecule has 2 aromatic rings. The molecule has 2 aromatic carbocycles. The van der Waals surface area contributed by atoms with Crippen molar-refractivity contribution < 1.29 is 24.0 Å². The van der Waals surface area contributed by atoms with Gasteiger partial charge < -0.3 is 5.32 Å². The molecule has 5 amide bonds. The molecule has 2 aliphatic rings. The van der Waals surface area contributed by atoms with Gasteiger partial charge in [-0.1, -0.05) is 42.0 Å². The van der Waals surface area contributed by atoms with E-state index in [-0.39, 0.29) is 23.9 Å². The summed E-state index contributed by atoms with van der Waals surface area (Å²) in [6.07, 6.45) is 3.25. The number of amides is 5. The number of hydrogen-bond donors (Lipinski definition) is 1. The van der Waals surface area contributed by atoms with Gasteiger partial charge in [-0.25, -0.2) is 0 Å². The summed E-state index contributed by atoms with van der Waals surface area (Å²) in [5, 5.41) is 1.76. The first-order valence-corrected chi connectivity index (χ1v) is 12.3. The fraction of sp³-hybridized carbons (Fsp3) is 0.160. The maximum atomic E-state index is 12.8. The minimum absolute atomic E-state index is 0.0767. The Kier molecular flexibility index (Phi) is 7.23. The second-order valence-electron chi connectivity index (χ2n) is 7.88. The summed E-state index contributed by atoms with van der Waals surface area (Å²) in [5.41, 5.74) is 3.21. The van der Waals surface area contributed by atoms with Gasteiger partial charge in [0.1, 0.15) is 0 Å². The maximum absolute atomic E-state index is 12.8. The van der Waals surface area contributed by atoms with Crippen LogP contribution in [0.3, 0.4) is 0 Å². The van der Waals surface area contributed by atoms with E-state index in [1.807, 2.05) is 31.2 Å². The van der Waals surface area contributed by atoms with E-state index in [1.54, 1.807) is 36.4 Å². The SMILES string of the molecule is CC(=O)Nc1ccc(C=C2SC(=O)N(CCN3C(=O)SC(=Cc4ccc(C)cc4)C3=O)C2=O)cc1. The van der Waals surface area contributed by atoms with E-state index in [2.05, 4.69) is 5.32 Å². The van der Waals surface area contributed by atoms with Crippen molar-refractivity contribution >= 4 is 69.6 Å². The van der Waals surface area contributed by atoms with Crippen LogP contribution in [-0.4, -0.2) is 51.1 Å². The molecule has 0 spiro atoms. The highest BCUT2D eigenvalue weighted by atomic mass is 32.2. The van der Waals surface area contributed by atoms with Crippen LogP contribution >= 0.6 is 23.5 Å². The first-order chi connectivity index (χ1) is 16.7. The van der Waals surface area contributed by atoms with Crippen LogP contribution in [0.1, 0.15) is 23.6 Å². The molecule has 8 nitrogen and oxygen atoms in total. The van der Waals surface area contributed by atoms with E-state index < -0.39 is 22.3 Å². The summed E-state index contributed by atoms with van der Waals surface area (Å²) in [6, 6.07) is 14.4. The van der Waals surface area contributed by atoms with Crippen molar-refractivity contribution in [2.45, 2.75) is 13.8 Å². The molecule has 0 radical (unpaired) electrons. The molecule has 2 aliphatic heterocycles. The van der Waals surface area contributed by atoms with Crippen LogP contribution in [-0.2, 0) is 14.4 Å². The zero-order chi connectivity index (χ0) is 25.1. The number of aryl methyl sites for hydroxylation is 1. The number of imide groups is 2. The van der Waals surface area contributed by atoms with Crippen molar-refractivity contribution in [3.05, 3.63) is 75.0 Å². The lowest BCUT2D eigenvalue weighted by molar-refractivity contribution is -0.125. The molecule has 0 unspecified atom stereocenters. The van der Waals surface area contributed by atoms with Gasteiger partial charge >= 0.3 is 0 Å². The van der Waals surface area contributed by atoms with Crippen LogP contribution in [0.25, 0.3) is 12.2 Å². The van der Waals surface area contributed by atoms with Gasteiger partial charge in [0.05, 0.1) is 9.81 Å². The van der Waals surface area contributed by atoms with E-state index in [0.29, 0.717) is 16.2 Å². The Morgan fingerprint density at radius 3 is 1.63 bits per heavy atom. The molecule has 2 saturated heterocycles. The van der Waals surface area contributed by atoms with E-state index >= 15 is 0 Å². The highest BCUT2D eigenvalue weighted by Gasteiger charge is 2.39. The third kappa shape index (κ3) is 5.72. The van der Waals surface area contributed by atoms with Crippen LogP contribution in [0.2, 0.25) is 0 Å². The highest BCUT2D eigenvalue weighted by molar-refractivity contribution is 8.18. The predicted octanol–water partition coefficient (Wildman–Crippen LogP) is 4.73. The normalized spacial score (nSPS) is 18.3. The summed E-state index contributed by atoms with van der Waals surface area (Å²) in [6.45, 7) is 3.21. The Morgan fingerprint density at radius 2 is 1.20 bits per heavy atom. The number of nitrogens with zero attached hydrogens (tertiary/aromatic N) is 2. The van der Waals surface area contributed by atoms with Gasteiger partial charge in [-0.05, 0) is 65.9 Å². The van der Waals surface area contributed by atoms with E-state index in [9.17, 15) is 24.0 Å². The molecule has 2 fully saturated rings. The Morgan fingerprint density at radius 1 is 0.771 bits per heavy atom. The largest absolute Gasteiger partial charge is 0.326 e. The number of rotatable bonds is 6. The van der Waals surface area contributed by atoms with Gasteiger partial charge in [-0.15, -0.1) is 0 Å². The van der Waals surface area contributed by atoms with E-state index in [0.717, 1.165) is 44.5 Å². The van der Waals surface area contributed by atoms with Crippen LogP contribution < -0.4 is 5.32 Å². The van der Waals surface area contributed by atoms with E-state index in [1.165, 1.54) is 6.92 Å². The molecule has 0 atom stereocenters. The summed E-state index contributed by atoms with van der Waals surface area (Å²) in [5.74, 6) is -1.11. The van der Waals surface area contributed by atoms with Crippen molar-refractivity contribution in [1.82, 2.24) is 9.80 Å². The summed E-state index contributed by atoms with van der Waals surface area (Å²) in [4.78, 5) is 64.1. The summed E-state index contributed by atoms with van der Waals surface area (Å²) < 4.78 is 0. The second-order valence-corrected chi connectivity index (χ2v) is 9.87. The molecule has 0 aliphatic carbocycles. The zero-order valence-corrected chi connectivity index (χ0v) is 20.6. The quantitative estimate of drug-likeness (QED) is 0.564. The monoisotopic (exact) mass is 507 g/mol. The highest BCUT2D eigenvalue weighted by Crippen LogP contribution is 2.34. The average Bonchev–Trinajstić information content (AvgIpc) is 3.23. The first-order valence-electron chi connectivity index (χ1n) is 10.7. The number of hydrogen-bond acceptors (Lipinski definition) is 7. The van der Waals surface area contributed by atoms with Crippen molar-refractivity contribution in [3.63, 3.8) is 0 Å². The second kappa shape index (κ2) is 10.3. The van der Waals surface area contributed by atoms with Gasteiger partial charge in [0.2, 0.25) is 5.91 Å². The number of benzene rings is 2. The lowest BCUT2D eigenvalue weighted by atomic mass is 10.1. The molecule has 0 saturated carbocycles. The lowest BCUT2D eigenvalue weighted by Crippen LogP contribution is -2.39. The smallest absolute Gasteiger partial charge is 0.293 e. The minimum Gasteiger partial charge on any atom is -0.326 e. The molecule has 0 aromatic heterocycles. The number of anilines is 1. The minimum atomic E-state index is -0.479. The molecule has 178 valence electrons. The molecule has 35 heavy (non-hydrogen) atoms. The molecule has 4 rings (SSSR count). The van der Waals surface area contributed by atoms with Crippen LogP contribution in [0.15, 0.2) is 58.3 Å². The zero-order valence-electron chi connectivity index (χ0n) is 18.9. The Labute approximate surface area is 210 Å². The number of thioether (sulfide) groups is 2. The first kappa shape index (κ1) is 24.5. The fourth-order valence-corrected chi connectivity index (χ4v) is 5.15. The Bertz CT molecular complexity index is 1280. The van der Waals surface area contributed by atoms with Gasteiger partial charge in [0, 0.05) is 25.7 Å². The molecular formula is C25H21N3O5S2. The van der Waals surface area contributed by atoms with Crippen molar-refractivity contribution in [1.29, 1.82) is 0 Å².